The number of nitrogens with one attached hydrogen (secondary N) is 2. The van der Waals surface area contributed by atoms with Gasteiger partial charge in [-0.3, -0.25) is 4.79 Å². The van der Waals surface area contributed by atoms with Crippen molar-refractivity contribution in [2.24, 2.45) is 7.05 Å². The Morgan fingerprint density at radius 2 is 1.78 bits per heavy atom. The fraction of sp³-hybridized carbons (Fsp3) is 0.480. The van der Waals surface area contributed by atoms with E-state index in [1.807, 2.05) is 6.07 Å². The first kappa shape index (κ1) is 21.1. The number of fused-ring (bicyclic) bond motifs is 1. The lowest BCUT2D eigenvalue weighted by Crippen LogP contribution is -2.41. The SMILES string of the molecule is CN1CCC(NCCc2ccc(-c3cc4ncn(C)c(=O)c4c(NC4CC4)n3)cc2)CC1. The summed E-state index contributed by atoms with van der Waals surface area (Å²) in [6.07, 6.45) is 7.30. The molecule has 1 saturated heterocycles. The van der Waals surface area contributed by atoms with Crippen LogP contribution >= 0.6 is 0 Å². The van der Waals surface area contributed by atoms with Gasteiger partial charge in [-0.2, -0.15) is 0 Å². The molecule has 2 aliphatic rings. The van der Waals surface area contributed by atoms with Gasteiger partial charge in [-0.1, -0.05) is 24.3 Å². The van der Waals surface area contributed by atoms with Gasteiger partial charge in [-0.25, -0.2) is 9.97 Å². The molecular weight excluding hydrogens is 400 g/mol. The van der Waals surface area contributed by atoms with Crippen molar-refractivity contribution in [3.63, 3.8) is 0 Å². The number of hydrogen-bond acceptors (Lipinski definition) is 6. The van der Waals surface area contributed by atoms with E-state index in [0.29, 0.717) is 28.8 Å². The van der Waals surface area contributed by atoms with E-state index in [1.165, 1.54) is 36.1 Å². The predicted octanol–water partition coefficient (Wildman–Crippen LogP) is 2.80. The Bertz CT molecular complexity index is 1140. The highest BCUT2D eigenvalue weighted by Crippen LogP contribution is 2.29. The minimum atomic E-state index is -0.0651. The number of rotatable bonds is 7. The van der Waals surface area contributed by atoms with Gasteiger partial charge in [0.2, 0.25) is 0 Å². The van der Waals surface area contributed by atoms with Crippen molar-refractivity contribution < 1.29 is 0 Å². The molecule has 0 unspecified atom stereocenters. The maximum atomic E-state index is 12.7. The minimum absolute atomic E-state index is 0.0651. The average molecular weight is 433 g/mol. The van der Waals surface area contributed by atoms with E-state index in [1.54, 1.807) is 13.4 Å². The summed E-state index contributed by atoms with van der Waals surface area (Å²) in [5.74, 6) is 0.653. The molecule has 2 fully saturated rings. The fourth-order valence-electron chi connectivity index (χ4n) is 4.37. The van der Waals surface area contributed by atoms with Crippen molar-refractivity contribution in [3.05, 3.63) is 52.6 Å². The molecule has 0 atom stereocenters. The monoisotopic (exact) mass is 432 g/mol. The number of aryl methyl sites for hydroxylation is 1. The molecule has 0 bridgehead atoms. The Kier molecular flexibility index (Phi) is 5.93. The molecule has 7 heteroatoms. The Labute approximate surface area is 188 Å². The number of aromatic nitrogens is 3. The summed E-state index contributed by atoms with van der Waals surface area (Å²) in [5, 5.41) is 7.72. The van der Waals surface area contributed by atoms with E-state index in [0.717, 1.165) is 37.1 Å². The summed E-state index contributed by atoms with van der Waals surface area (Å²) < 4.78 is 1.51. The first-order valence-corrected chi connectivity index (χ1v) is 11.7. The predicted molar refractivity (Wildman–Crippen MR) is 129 cm³/mol. The number of nitrogens with zero attached hydrogens (tertiary/aromatic N) is 4. The smallest absolute Gasteiger partial charge is 0.264 e. The quantitative estimate of drug-likeness (QED) is 0.598. The van der Waals surface area contributed by atoms with Gasteiger partial charge in [0.15, 0.2) is 0 Å². The van der Waals surface area contributed by atoms with Crippen molar-refractivity contribution >= 4 is 16.7 Å². The van der Waals surface area contributed by atoms with Gasteiger partial charge < -0.3 is 20.1 Å². The zero-order valence-corrected chi connectivity index (χ0v) is 19.0. The Balaban J connectivity index is 1.31. The normalized spacial score (nSPS) is 17.7. The zero-order valence-electron chi connectivity index (χ0n) is 19.0. The standard InChI is InChI=1S/C25H32N6O/c1-30-13-10-19(11-14-30)26-12-9-17-3-5-18(6-4-17)21-15-22-23(25(32)31(2)16-27-22)24(29-21)28-20-7-8-20/h3-6,15-16,19-20,26H,7-14H2,1-2H3,(H,28,29). The first-order valence-electron chi connectivity index (χ1n) is 11.7. The van der Waals surface area contributed by atoms with E-state index in [4.69, 9.17) is 4.98 Å². The van der Waals surface area contributed by atoms with Gasteiger partial charge >= 0.3 is 0 Å². The summed E-state index contributed by atoms with van der Waals surface area (Å²) in [6, 6.07) is 11.6. The Morgan fingerprint density at radius 3 is 2.50 bits per heavy atom. The molecule has 168 valence electrons. The summed E-state index contributed by atoms with van der Waals surface area (Å²) in [6.45, 7) is 3.37. The van der Waals surface area contributed by atoms with Gasteiger partial charge in [0.05, 0.1) is 17.5 Å². The number of likely N-dealkylation sites (tertiary alicyclic amines) is 1. The molecule has 0 spiro atoms. The second-order valence-corrected chi connectivity index (χ2v) is 9.31. The molecule has 1 saturated carbocycles. The Hall–Kier alpha value is -2.77. The third-order valence-corrected chi connectivity index (χ3v) is 6.64. The molecular formula is C25H32N6O. The van der Waals surface area contributed by atoms with Crippen LogP contribution in [0.4, 0.5) is 5.82 Å². The van der Waals surface area contributed by atoms with Gasteiger partial charge in [0.25, 0.3) is 5.56 Å². The van der Waals surface area contributed by atoms with E-state index in [9.17, 15) is 4.79 Å². The maximum absolute atomic E-state index is 12.7. The van der Waals surface area contributed by atoms with Crippen LogP contribution in [0.5, 0.6) is 0 Å². The van der Waals surface area contributed by atoms with Crippen molar-refractivity contribution in [3.8, 4) is 11.3 Å². The molecule has 3 aromatic rings. The third kappa shape index (κ3) is 4.69. The van der Waals surface area contributed by atoms with Crippen molar-refractivity contribution in [2.75, 3.05) is 32.0 Å². The van der Waals surface area contributed by atoms with Gasteiger partial charge in [-0.15, -0.1) is 0 Å². The number of pyridine rings is 1. The third-order valence-electron chi connectivity index (χ3n) is 6.64. The fourth-order valence-corrected chi connectivity index (χ4v) is 4.37. The van der Waals surface area contributed by atoms with E-state index in [-0.39, 0.29) is 5.56 Å². The van der Waals surface area contributed by atoms with Crippen molar-refractivity contribution in [1.29, 1.82) is 0 Å². The van der Waals surface area contributed by atoms with E-state index < -0.39 is 0 Å². The second-order valence-electron chi connectivity index (χ2n) is 9.31. The minimum Gasteiger partial charge on any atom is -0.367 e. The van der Waals surface area contributed by atoms with Crippen molar-refractivity contribution in [2.45, 2.75) is 44.2 Å². The lowest BCUT2D eigenvalue weighted by atomic mass is 10.0. The summed E-state index contributed by atoms with van der Waals surface area (Å²) >= 11 is 0. The molecule has 2 aromatic heterocycles. The highest BCUT2D eigenvalue weighted by molar-refractivity contribution is 5.91. The molecule has 7 nitrogen and oxygen atoms in total. The van der Waals surface area contributed by atoms with Gasteiger partial charge in [0.1, 0.15) is 11.2 Å². The lowest BCUT2D eigenvalue weighted by Gasteiger charge is -2.29. The summed E-state index contributed by atoms with van der Waals surface area (Å²) in [4.78, 5) is 24.4. The molecule has 1 aliphatic heterocycles. The van der Waals surface area contributed by atoms with Gasteiger partial charge in [0, 0.05) is 24.7 Å². The topological polar surface area (TPSA) is 75.1 Å². The van der Waals surface area contributed by atoms with Crippen LogP contribution in [-0.4, -0.2) is 58.2 Å². The first-order chi connectivity index (χ1) is 15.6. The van der Waals surface area contributed by atoms with Crippen LogP contribution in [0.3, 0.4) is 0 Å². The number of benzene rings is 1. The van der Waals surface area contributed by atoms with E-state index in [2.05, 4.69) is 51.8 Å². The number of hydrogen-bond donors (Lipinski definition) is 2. The van der Waals surface area contributed by atoms with Crippen LogP contribution < -0.4 is 16.2 Å². The molecule has 1 aliphatic carbocycles. The second kappa shape index (κ2) is 9.00. The van der Waals surface area contributed by atoms with Crippen LogP contribution in [0.15, 0.2) is 41.5 Å². The highest BCUT2D eigenvalue weighted by Gasteiger charge is 2.24. The van der Waals surface area contributed by atoms with Crippen LogP contribution in [0, 0.1) is 0 Å². The Morgan fingerprint density at radius 1 is 1.03 bits per heavy atom. The van der Waals surface area contributed by atoms with Gasteiger partial charge in [-0.05, 0) is 70.4 Å². The van der Waals surface area contributed by atoms with Crippen LogP contribution in [-0.2, 0) is 13.5 Å². The molecule has 5 rings (SSSR count). The molecule has 0 radical (unpaired) electrons. The number of anilines is 1. The van der Waals surface area contributed by atoms with Crippen molar-refractivity contribution in [1.82, 2.24) is 24.8 Å². The molecule has 1 aromatic carbocycles. The highest BCUT2D eigenvalue weighted by atomic mass is 16.1. The summed E-state index contributed by atoms with van der Waals surface area (Å²) in [5.41, 5.74) is 3.83. The zero-order chi connectivity index (χ0) is 22.1. The summed E-state index contributed by atoms with van der Waals surface area (Å²) in [7, 11) is 3.92. The maximum Gasteiger partial charge on any atom is 0.264 e. The van der Waals surface area contributed by atoms with Crippen LogP contribution in [0.25, 0.3) is 22.2 Å². The molecule has 3 heterocycles. The molecule has 2 N–H and O–H groups in total. The van der Waals surface area contributed by atoms with E-state index >= 15 is 0 Å². The number of piperidine rings is 1. The lowest BCUT2D eigenvalue weighted by molar-refractivity contribution is 0.235. The largest absolute Gasteiger partial charge is 0.367 e. The molecule has 0 amide bonds. The average Bonchev–Trinajstić information content (AvgIpc) is 3.62. The van der Waals surface area contributed by atoms with Crippen LogP contribution in [0.1, 0.15) is 31.2 Å². The van der Waals surface area contributed by atoms with Crippen LogP contribution in [0.2, 0.25) is 0 Å². The molecule has 32 heavy (non-hydrogen) atoms.